The van der Waals surface area contributed by atoms with E-state index in [0.717, 1.165) is 0 Å². The fourth-order valence-electron chi connectivity index (χ4n) is 8.14. The Bertz CT molecular complexity index is 1740. The number of hydrogen-bond acceptors (Lipinski definition) is 7. The van der Waals surface area contributed by atoms with E-state index < -0.39 is 46.8 Å². The number of hydrogen-bond donors (Lipinski definition) is 2. The number of Topliss-reactive ketones (excluding diaryl/α,β-unsaturated/α-hetero) is 1. The maximum atomic E-state index is 14.9. The number of fused-ring (bicyclic) bond motifs is 4. The van der Waals surface area contributed by atoms with E-state index in [2.05, 4.69) is 0 Å². The summed E-state index contributed by atoms with van der Waals surface area (Å²) in [4.78, 5) is 55.8. The summed E-state index contributed by atoms with van der Waals surface area (Å²) >= 11 is 0. The van der Waals surface area contributed by atoms with Gasteiger partial charge in [0.05, 0.1) is 24.4 Å². The van der Waals surface area contributed by atoms with Crippen LogP contribution in [0.15, 0.2) is 96.6 Å². The van der Waals surface area contributed by atoms with Gasteiger partial charge >= 0.3 is 0 Å². The van der Waals surface area contributed by atoms with E-state index in [1.54, 1.807) is 42.5 Å². The highest BCUT2D eigenvalue weighted by Gasteiger charge is 2.66. The van der Waals surface area contributed by atoms with Gasteiger partial charge in [-0.25, -0.2) is 0 Å². The van der Waals surface area contributed by atoms with Crippen molar-refractivity contribution in [2.45, 2.75) is 24.2 Å². The van der Waals surface area contributed by atoms with Crippen LogP contribution in [0.25, 0.3) is 5.57 Å². The molecule has 8 heteroatoms. The van der Waals surface area contributed by atoms with Crippen molar-refractivity contribution in [3.63, 3.8) is 0 Å². The Hall–Kier alpha value is -4.82. The Morgan fingerprint density at radius 2 is 1.56 bits per heavy atom. The first-order chi connectivity index (χ1) is 20.8. The third kappa shape index (κ3) is 3.66. The number of hydroxylamine groups is 2. The Labute approximate surface area is 247 Å². The zero-order valence-electron chi connectivity index (χ0n) is 23.3. The molecule has 6 unspecified atom stereocenters. The van der Waals surface area contributed by atoms with Crippen molar-refractivity contribution in [2.24, 2.45) is 23.7 Å². The topological polar surface area (TPSA) is 121 Å². The molecule has 216 valence electrons. The molecular formula is C35H29NO7. The van der Waals surface area contributed by atoms with Gasteiger partial charge in [-0.2, -0.15) is 5.06 Å². The standard InChI is InChI=1S/C35H29NO7/c1-43-27-14-8-13-23(32(27)39)30-21-15-16-22-29(34(41)36(42)33(22)40)25(21)17-26-31(38)24(19-9-4-2-5-10-19)18-28(37)35(26,30)20-11-6-3-7-12-20/h2-15,18,22,25-26,29-30,39,42H,16-17H2,1H3. The number of ketones is 2. The average Bonchev–Trinajstić information content (AvgIpc) is 3.26. The third-order valence-electron chi connectivity index (χ3n) is 9.91. The molecule has 3 aromatic carbocycles. The van der Waals surface area contributed by atoms with Crippen molar-refractivity contribution in [1.82, 2.24) is 5.06 Å². The highest BCUT2D eigenvalue weighted by atomic mass is 16.5. The van der Waals surface area contributed by atoms with Crippen LogP contribution in [0.1, 0.15) is 35.4 Å². The fourth-order valence-corrected chi connectivity index (χ4v) is 8.14. The lowest BCUT2D eigenvalue weighted by Gasteiger charge is -2.55. The molecule has 1 saturated carbocycles. The summed E-state index contributed by atoms with van der Waals surface area (Å²) in [6, 6.07) is 23.2. The minimum Gasteiger partial charge on any atom is -0.504 e. The van der Waals surface area contributed by atoms with Crippen molar-refractivity contribution in [3.05, 3.63) is 113 Å². The number of para-hydroxylation sites is 1. The molecule has 3 aromatic rings. The lowest BCUT2D eigenvalue weighted by molar-refractivity contribution is -0.173. The molecule has 7 rings (SSSR count). The van der Waals surface area contributed by atoms with Gasteiger partial charge in [-0.15, -0.1) is 0 Å². The summed E-state index contributed by atoms with van der Waals surface area (Å²) in [7, 11) is 1.44. The van der Waals surface area contributed by atoms with Crippen LogP contribution in [0.2, 0.25) is 0 Å². The highest BCUT2D eigenvalue weighted by molar-refractivity contribution is 6.31. The summed E-state index contributed by atoms with van der Waals surface area (Å²) in [6.45, 7) is 0. The second-order valence-corrected chi connectivity index (χ2v) is 11.7. The van der Waals surface area contributed by atoms with Crippen LogP contribution in [0.3, 0.4) is 0 Å². The van der Waals surface area contributed by atoms with Gasteiger partial charge in [-0.1, -0.05) is 84.4 Å². The number of allylic oxidation sites excluding steroid dienone is 4. The van der Waals surface area contributed by atoms with Crippen molar-refractivity contribution in [3.8, 4) is 11.5 Å². The number of carbonyl (C=O) groups excluding carboxylic acids is 4. The Balaban J connectivity index is 1.55. The minimum atomic E-state index is -1.46. The summed E-state index contributed by atoms with van der Waals surface area (Å²) in [5.41, 5.74) is 1.14. The molecule has 2 amide bonds. The van der Waals surface area contributed by atoms with Crippen LogP contribution in [-0.4, -0.2) is 45.9 Å². The van der Waals surface area contributed by atoms with Crippen LogP contribution in [-0.2, 0) is 24.6 Å². The Morgan fingerprint density at radius 3 is 2.26 bits per heavy atom. The molecule has 0 bridgehead atoms. The van der Waals surface area contributed by atoms with Crippen molar-refractivity contribution in [2.75, 3.05) is 7.11 Å². The molecule has 1 saturated heterocycles. The zero-order valence-corrected chi connectivity index (χ0v) is 23.3. The monoisotopic (exact) mass is 575 g/mol. The molecule has 0 spiro atoms. The quantitative estimate of drug-likeness (QED) is 0.265. The third-order valence-corrected chi connectivity index (χ3v) is 9.91. The normalized spacial score (nSPS) is 29.8. The Kier molecular flexibility index (Phi) is 6.21. The van der Waals surface area contributed by atoms with Crippen molar-refractivity contribution >= 4 is 29.0 Å². The van der Waals surface area contributed by atoms with Gasteiger partial charge in [0.1, 0.15) is 0 Å². The van der Waals surface area contributed by atoms with Crippen LogP contribution in [0, 0.1) is 23.7 Å². The molecule has 43 heavy (non-hydrogen) atoms. The number of phenols is 1. The molecule has 8 nitrogen and oxygen atoms in total. The molecule has 1 aliphatic heterocycles. The second-order valence-electron chi connectivity index (χ2n) is 11.7. The van der Waals surface area contributed by atoms with E-state index in [1.165, 1.54) is 13.2 Å². The van der Waals surface area contributed by atoms with Crippen LogP contribution in [0.5, 0.6) is 11.5 Å². The maximum Gasteiger partial charge on any atom is 0.257 e. The number of carbonyl (C=O) groups is 4. The van der Waals surface area contributed by atoms with E-state index in [1.807, 2.05) is 42.5 Å². The number of amides is 2. The number of benzene rings is 3. The summed E-state index contributed by atoms with van der Waals surface area (Å²) < 4.78 is 5.45. The number of nitrogens with zero attached hydrogens (tertiary/aromatic N) is 1. The predicted octanol–water partition coefficient (Wildman–Crippen LogP) is 4.61. The zero-order chi connectivity index (χ0) is 30.0. The van der Waals surface area contributed by atoms with Gasteiger partial charge in [-0.3, -0.25) is 24.4 Å². The van der Waals surface area contributed by atoms with Gasteiger partial charge in [-0.05, 0) is 42.0 Å². The Morgan fingerprint density at radius 1 is 0.860 bits per heavy atom. The average molecular weight is 576 g/mol. The number of aromatic hydroxyl groups is 1. The van der Waals surface area contributed by atoms with E-state index >= 15 is 0 Å². The summed E-state index contributed by atoms with van der Waals surface area (Å²) in [6.07, 6.45) is 3.60. The number of rotatable bonds is 4. The van der Waals surface area contributed by atoms with Gasteiger partial charge in [0.25, 0.3) is 11.8 Å². The van der Waals surface area contributed by atoms with Crippen LogP contribution < -0.4 is 4.74 Å². The van der Waals surface area contributed by atoms with E-state index in [9.17, 15) is 29.5 Å². The highest BCUT2D eigenvalue weighted by Crippen LogP contribution is 2.64. The molecular weight excluding hydrogens is 546 g/mol. The molecule has 0 aromatic heterocycles. The smallest absolute Gasteiger partial charge is 0.257 e. The number of ether oxygens (including phenoxy) is 1. The number of methoxy groups -OCH3 is 1. The SMILES string of the molecule is COc1cccc(C2C3=CCC4C(=O)N(O)C(=O)C4C3CC3C(=O)C(c4ccccc4)=CC(=O)C32c2ccccc2)c1O. The molecule has 0 radical (unpaired) electrons. The van der Waals surface area contributed by atoms with E-state index in [0.29, 0.717) is 22.3 Å². The van der Waals surface area contributed by atoms with Gasteiger partial charge in [0, 0.05) is 23.0 Å². The van der Waals surface area contributed by atoms with Crippen LogP contribution in [0.4, 0.5) is 0 Å². The van der Waals surface area contributed by atoms with Crippen molar-refractivity contribution < 1.29 is 34.2 Å². The first kappa shape index (κ1) is 27.0. The van der Waals surface area contributed by atoms with Gasteiger partial charge < -0.3 is 9.84 Å². The predicted molar refractivity (Wildman–Crippen MR) is 155 cm³/mol. The van der Waals surface area contributed by atoms with Crippen LogP contribution >= 0.6 is 0 Å². The molecule has 4 aliphatic rings. The molecule has 3 aliphatic carbocycles. The van der Waals surface area contributed by atoms with Crippen molar-refractivity contribution in [1.29, 1.82) is 0 Å². The fraction of sp³-hybridized carbons (Fsp3) is 0.257. The second kappa shape index (κ2) is 9.88. The maximum absolute atomic E-state index is 14.9. The lowest BCUT2D eigenvalue weighted by Crippen LogP contribution is -2.58. The van der Waals surface area contributed by atoms with E-state index in [-0.39, 0.29) is 46.5 Å². The molecule has 6 atom stereocenters. The number of phenolic OH excluding ortho intramolecular Hbond substituents is 1. The van der Waals surface area contributed by atoms with Gasteiger partial charge in [0.15, 0.2) is 23.1 Å². The first-order valence-corrected chi connectivity index (χ1v) is 14.3. The lowest BCUT2D eigenvalue weighted by atomic mass is 9.44. The van der Waals surface area contributed by atoms with E-state index in [4.69, 9.17) is 4.74 Å². The molecule has 2 N–H and O–H groups in total. The largest absolute Gasteiger partial charge is 0.504 e. The summed E-state index contributed by atoms with van der Waals surface area (Å²) in [5, 5.41) is 22.1. The van der Waals surface area contributed by atoms with Gasteiger partial charge in [0.2, 0.25) is 0 Å². The first-order valence-electron chi connectivity index (χ1n) is 14.3. The minimum absolute atomic E-state index is 0.116. The number of imide groups is 1. The molecule has 2 fully saturated rings. The molecule has 1 heterocycles. The summed E-state index contributed by atoms with van der Waals surface area (Å²) in [5.74, 6) is -5.96.